The first kappa shape index (κ1) is 16.5. The number of furan rings is 1. The first-order valence-electron chi connectivity index (χ1n) is 6.46. The van der Waals surface area contributed by atoms with Gasteiger partial charge in [0.15, 0.2) is 0 Å². The second-order valence-electron chi connectivity index (χ2n) is 4.48. The minimum absolute atomic E-state index is 0.118. The van der Waals surface area contributed by atoms with Crippen molar-refractivity contribution in [2.75, 3.05) is 21.3 Å². The van der Waals surface area contributed by atoms with Crippen molar-refractivity contribution in [3.63, 3.8) is 0 Å². The molecule has 0 radical (unpaired) electrons. The average molecular weight is 324 g/mol. The van der Waals surface area contributed by atoms with Crippen molar-refractivity contribution in [2.24, 2.45) is 0 Å². The highest BCUT2D eigenvalue weighted by Crippen LogP contribution is 2.47. The average Bonchev–Trinajstić information content (AvgIpc) is 2.95. The molecular weight excluding hydrogens is 307 g/mol. The fourth-order valence-electron chi connectivity index (χ4n) is 2.19. The van der Waals surface area contributed by atoms with Crippen LogP contribution in [0.2, 0.25) is 0 Å². The lowest BCUT2D eigenvalue weighted by atomic mass is 9.99. The molecule has 0 saturated carbocycles. The number of esters is 1. The molecule has 6 nitrogen and oxygen atoms in total. The van der Waals surface area contributed by atoms with Gasteiger partial charge in [0.1, 0.15) is 0 Å². The van der Waals surface area contributed by atoms with Gasteiger partial charge in [0.25, 0.3) is 0 Å². The molecule has 0 aliphatic rings. The van der Waals surface area contributed by atoms with Crippen molar-refractivity contribution in [1.82, 2.24) is 0 Å². The molecule has 2 rings (SSSR count). The number of carbonyl (C=O) groups is 1. The van der Waals surface area contributed by atoms with Crippen molar-refractivity contribution in [3.05, 3.63) is 41.7 Å². The van der Waals surface area contributed by atoms with Crippen LogP contribution in [-0.4, -0.2) is 27.3 Å². The maximum absolute atomic E-state index is 12.5. The van der Waals surface area contributed by atoms with E-state index < -0.39 is 13.6 Å². The summed E-state index contributed by atoms with van der Waals surface area (Å²) >= 11 is 0. The molecule has 118 valence electrons. The summed E-state index contributed by atoms with van der Waals surface area (Å²) in [5.41, 5.74) is 2.35. The molecule has 0 saturated heterocycles. The van der Waals surface area contributed by atoms with Gasteiger partial charge in [0, 0.05) is 25.3 Å². The summed E-state index contributed by atoms with van der Waals surface area (Å²) in [5.74, 6) is -0.459. The third kappa shape index (κ3) is 2.73. The molecule has 0 amide bonds. The zero-order chi connectivity index (χ0) is 16.3. The molecule has 1 aromatic heterocycles. The van der Waals surface area contributed by atoms with E-state index in [1.54, 1.807) is 31.2 Å². The maximum Gasteiger partial charge on any atom is 0.396 e. The van der Waals surface area contributed by atoms with Gasteiger partial charge >= 0.3 is 13.6 Å². The molecule has 0 N–H and O–H groups in total. The van der Waals surface area contributed by atoms with Crippen LogP contribution < -0.4 is 5.50 Å². The molecule has 0 atom stereocenters. The number of benzene rings is 1. The molecule has 0 fully saturated rings. The van der Waals surface area contributed by atoms with Crippen molar-refractivity contribution in [3.8, 4) is 11.1 Å². The monoisotopic (exact) mass is 324 g/mol. The zero-order valence-electron chi connectivity index (χ0n) is 12.8. The second kappa shape index (κ2) is 6.48. The van der Waals surface area contributed by atoms with Crippen LogP contribution in [0, 0.1) is 6.92 Å². The largest absolute Gasteiger partial charge is 0.465 e. The van der Waals surface area contributed by atoms with E-state index in [-0.39, 0.29) is 5.50 Å². The molecule has 1 aromatic carbocycles. The highest BCUT2D eigenvalue weighted by atomic mass is 31.2. The van der Waals surface area contributed by atoms with E-state index in [4.69, 9.17) is 18.2 Å². The first-order chi connectivity index (χ1) is 10.5. The lowest BCUT2D eigenvalue weighted by molar-refractivity contribution is 0.0601. The summed E-state index contributed by atoms with van der Waals surface area (Å²) < 4.78 is 32.5. The predicted molar refractivity (Wildman–Crippen MR) is 81.5 cm³/mol. The Hall–Kier alpha value is -1.88. The zero-order valence-corrected chi connectivity index (χ0v) is 13.7. The molecular formula is C15H17O6P. The van der Waals surface area contributed by atoms with Crippen molar-refractivity contribution < 1.29 is 27.6 Å². The Balaban J connectivity index is 2.60. The Morgan fingerprint density at radius 2 is 1.73 bits per heavy atom. The van der Waals surface area contributed by atoms with E-state index in [9.17, 15) is 9.36 Å². The van der Waals surface area contributed by atoms with Gasteiger partial charge in [0.05, 0.1) is 18.9 Å². The van der Waals surface area contributed by atoms with Crippen LogP contribution in [0.4, 0.5) is 0 Å². The van der Waals surface area contributed by atoms with Crippen LogP contribution >= 0.6 is 7.60 Å². The third-order valence-electron chi connectivity index (χ3n) is 3.37. The van der Waals surface area contributed by atoms with Crippen LogP contribution in [0.3, 0.4) is 0 Å². The summed E-state index contributed by atoms with van der Waals surface area (Å²) in [7, 11) is 0.389. The number of methoxy groups -OCH3 is 1. The van der Waals surface area contributed by atoms with Crippen LogP contribution in [0.15, 0.2) is 34.9 Å². The molecule has 0 aliphatic heterocycles. The third-order valence-corrected chi connectivity index (χ3v) is 5.26. The number of ether oxygens (including phenoxy) is 1. The minimum Gasteiger partial charge on any atom is -0.465 e. The Morgan fingerprint density at radius 1 is 1.09 bits per heavy atom. The van der Waals surface area contributed by atoms with Crippen molar-refractivity contribution in [1.29, 1.82) is 0 Å². The Kier molecular flexibility index (Phi) is 4.86. The number of rotatable bonds is 5. The lowest BCUT2D eigenvalue weighted by Crippen LogP contribution is -2.09. The number of carbonyl (C=O) groups excluding carboxylic acids is 1. The van der Waals surface area contributed by atoms with Gasteiger partial charge in [-0.2, -0.15) is 0 Å². The molecule has 0 bridgehead atoms. The quantitative estimate of drug-likeness (QED) is 0.621. The van der Waals surface area contributed by atoms with Gasteiger partial charge in [-0.15, -0.1) is 0 Å². The van der Waals surface area contributed by atoms with Gasteiger partial charge < -0.3 is 18.2 Å². The van der Waals surface area contributed by atoms with E-state index in [2.05, 4.69) is 0 Å². The molecule has 22 heavy (non-hydrogen) atoms. The van der Waals surface area contributed by atoms with Gasteiger partial charge in [-0.1, -0.05) is 18.2 Å². The fraction of sp³-hybridized carbons (Fsp3) is 0.267. The van der Waals surface area contributed by atoms with Crippen molar-refractivity contribution in [2.45, 2.75) is 6.92 Å². The Morgan fingerprint density at radius 3 is 2.32 bits per heavy atom. The van der Waals surface area contributed by atoms with E-state index in [1.807, 2.05) is 0 Å². The highest BCUT2D eigenvalue weighted by molar-refractivity contribution is 7.61. The highest BCUT2D eigenvalue weighted by Gasteiger charge is 2.32. The summed E-state index contributed by atoms with van der Waals surface area (Å²) in [6, 6.07) is 6.94. The van der Waals surface area contributed by atoms with Crippen LogP contribution in [0.1, 0.15) is 15.9 Å². The second-order valence-corrected chi connectivity index (χ2v) is 6.61. The molecule has 1 heterocycles. The molecule has 0 aliphatic carbocycles. The Bertz CT molecular complexity index is 725. The van der Waals surface area contributed by atoms with Gasteiger partial charge in [-0.25, -0.2) is 4.79 Å². The van der Waals surface area contributed by atoms with Crippen LogP contribution in [0.25, 0.3) is 11.1 Å². The summed E-state index contributed by atoms with van der Waals surface area (Å²) in [5, 5.41) is 0. The van der Waals surface area contributed by atoms with Crippen LogP contribution in [0.5, 0.6) is 0 Å². The Labute approximate surface area is 128 Å². The van der Waals surface area contributed by atoms with Gasteiger partial charge in [-0.3, -0.25) is 4.57 Å². The standard InChI is InChI=1S/C15H17O6P/c1-10-13(9-21-15(10)22(17,19-3)20-4)11-7-5-6-8-12(11)14(16)18-2/h5-9H,1-4H3. The molecule has 0 spiro atoms. The van der Waals surface area contributed by atoms with Gasteiger partial charge in [-0.05, 0) is 18.6 Å². The molecule has 2 aromatic rings. The maximum atomic E-state index is 12.5. The smallest absolute Gasteiger partial charge is 0.396 e. The van der Waals surface area contributed by atoms with Crippen molar-refractivity contribution >= 4 is 19.1 Å². The topological polar surface area (TPSA) is 75.0 Å². The van der Waals surface area contributed by atoms with Gasteiger partial charge in [0.2, 0.25) is 5.50 Å². The fourth-order valence-corrected chi connectivity index (χ4v) is 3.38. The van der Waals surface area contributed by atoms with E-state index in [1.165, 1.54) is 27.6 Å². The summed E-state index contributed by atoms with van der Waals surface area (Å²) in [6.45, 7) is 1.73. The number of hydrogen-bond acceptors (Lipinski definition) is 6. The van der Waals surface area contributed by atoms with E-state index in [0.717, 1.165) is 0 Å². The molecule has 0 unspecified atom stereocenters. The SMILES string of the molecule is COC(=O)c1ccccc1-c1coc(P(=O)(OC)OC)c1C. The normalized spacial score (nSPS) is 11.5. The first-order valence-corrected chi connectivity index (χ1v) is 8.00. The summed E-state index contributed by atoms with van der Waals surface area (Å²) in [4.78, 5) is 11.9. The van der Waals surface area contributed by atoms with Crippen LogP contribution in [-0.2, 0) is 18.3 Å². The molecule has 7 heteroatoms. The predicted octanol–water partition coefficient (Wildman–Crippen LogP) is 3.15. The summed E-state index contributed by atoms with van der Waals surface area (Å²) in [6.07, 6.45) is 1.43. The minimum atomic E-state index is -3.50. The number of hydrogen-bond donors (Lipinski definition) is 0. The lowest BCUT2D eigenvalue weighted by Gasteiger charge is -2.12. The van der Waals surface area contributed by atoms with E-state index >= 15 is 0 Å². The van der Waals surface area contributed by atoms with E-state index in [0.29, 0.717) is 22.3 Å².